The van der Waals surface area contributed by atoms with Gasteiger partial charge in [-0.15, -0.1) is 11.3 Å². The average Bonchev–Trinajstić information content (AvgIpc) is 3.88. The SMILES string of the molecule is [2H]c1cc(-n2c3cc([2H])c([2H])c([2H])c3c3c([2H])c(-c4c([2H])c([2H])c([2H])c5c4c4cc([2H])c([2H])c([2H])c4n5-c4cccc(-c5ccccc5)c4)c([2H])c([2H])c32)c2sc3c([2H])c([2H])c([2H])c(-c4c([2H])c([2H])cc([2H])c4[2H])c3c2c1. The molecule has 12 rings (SSSR count). The molecule has 3 heterocycles. The molecule has 0 saturated carbocycles. The molecule has 0 saturated heterocycles. The molecule has 3 heteroatoms. The van der Waals surface area contributed by atoms with Crippen molar-refractivity contribution in [3.8, 4) is 44.8 Å². The fraction of sp³-hybridized carbons (Fsp3) is 0. The minimum Gasteiger partial charge on any atom is -0.309 e. The Kier molecular flexibility index (Phi) is 4.04. The highest BCUT2D eigenvalue weighted by atomic mass is 32.1. The molecule has 0 aliphatic carbocycles. The third-order valence-electron chi connectivity index (χ3n) is 10.3. The van der Waals surface area contributed by atoms with Gasteiger partial charge in [-0.05, 0) is 87.9 Å². The number of thiophene rings is 1. The minimum atomic E-state index is -0.682. The summed E-state index contributed by atoms with van der Waals surface area (Å²) in [7, 11) is 0. The summed E-state index contributed by atoms with van der Waals surface area (Å²) in [6.45, 7) is 0. The van der Waals surface area contributed by atoms with Crippen molar-refractivity contribution in [3.63, 3.8) is 0 Å². The summed E-state index contributed by atoms with van der Waals surface area (Å²) in [5.41, 5.74) is 0.538. The monoisotopic (exact) mass is 762 g/mol. The van der Waals surface area contributed by atoms with Crippen LogP contribution in [0.3, 0.4) is 0 Å². The average molecular weight is 763 g/mol. The van der Waals surface area contributed by atoms with Gasteiger partial charge in [0.1, 0.15) is 0 Å². The van der Waals surface area contributed by atoms with Crippen LogP contribution in [-0.2, 0) is 0 Å². The maximum absolute atomic E-state index is 10.2. The van der Waals surface area contributed by atoms with E-state index in [1.54, 1.807) is 18.2 Å². The van der Waals surface area contributed by atoms with E-state index in [-0.39, 0.29) is 98.2 Å². The van der Waals surface area contributed by atoms with Crippen LogP contribution < -0.4 is 0 Å². The minimum absolute atomic E-state index is 0.0260. The number of aromatic nitrogens is 2. The summed E-state index contributed by atoms with van der Waals surface area (Å²) in [6, 6.07) is 12.7. The van der Waals surface area contributed by atoms with Gasteiger partial charge >= 0.3 is 0 Å². The third-order valence-corrected chi connectivity index (χ3v) is 11.4. The molecule has 0 aliphatic rings. The fourth-order valence-corrected chi connectivity index (χ4v) is 8.99. The van der Waals surface area contributed by atoms with Crippen molar-refractivity contribution in [1.82, 2.24) is 9.13 Å². The Bertz CT molecular complexity index is 4670. The fourth-order valence-electron chi connectivity index (χ4n) is 7.85. The molecule has 0 N–H and O–H groups in total. The first-order valence-corrected chi connectivity index (χ1v) is 18.7. The van der Waals surface area contributed by atoms with Crippen molar-refractivity contribution < 1.29 is 27.4 Å². The molecular formula is C54H34N2S. The van der Waals surface area contributed by atoms with Crippen LogP contribution in [0.1, 0.15) is 27.4 Å². The van der Waals surface area contributed by atoms with Crippen molar-refractivity contribution >= 4 is 75.1 Å². The third kappa shape index (κ3) is 4.89. The van der Waals surface area contributed by atoms with E-state index in [1.807, 2.05) is 36.4 Å². The van der Waals surface area contributed by atoms with Crippen molar-refractivity contribution in [2.75, 3.05) is 0 Å². The first-order chi connectivity index (χ1) is 36.6. The number of rotatable bonds is 5. The van der Waals surface area contributed by atoms with Crippen LogP contribution in [0.5, 0.6) is 0 Å². The maximum Gasteiger partial charge on any atom is 0.0645 e. The van der Waals surface area contributed by atoms with E-state index in [2.05, 4.69) is 0 Å². The summed E-state index contributed by atoms with van der Waals surface area (Å²) < 4.78 is 186. The van der Waals surface area contributed by atoms with E-state index in [9.17, 15) is 12.3 Å². The number of para-hydroxylation sites is 2. The second-order valence-corrected chi connectivity index (χ2v) is 14.4. The van der Waals surface area contributed by atoms with Gasteiger partial charge in [-0.2, -0.15) is 0 Å². The van der Waals surface area contributed by atoms with Gasteiger partial charge < -0.3 is 9.13 Å². The Morgan fingerprint density at radius 3 is 2.09 bits per heavy atom. The predicted molar refractivity (Wildman–Crippen MR) is 244 cm³/mol. The van der Waals surface area contributed by atoms with Gasteiger partial charge in [0.2, 0.25) is 0 Å². The Morgan fingerprint density at radius 2 is 1.18 bits per heavy atom. The predicted octanol–water partition coefficient (Wildman–Crippen LogP) is 15.2. The molecular weight excluding hydrogens is 709 g/mol. The number of benzene rings is 9. The van der Waals surface area contributed by atoms with Crippen molar-refractivity contribution in [1.29, 1.82) is 0 Å². The Labute approximate surface area is 361 Å². The summed E-state index contributed by atoms with van der Waals surface area (Å²) in [6.07, 6.45) is 0. The van der Waals surface area contributed by atoms with Gasteiger partial charge in [0.25, 0.3) is 0 Å². The molecule has 57 heavy (non-hydrogen) atoms. The van der Waals surface area contributed by atoms with E-state index < -0.39 is 114 Å². The number of hydrogen-bond acceptors (Lipinski definition) is 1. The van der Waals surface area contributed by atoms with Crippen LogP contribution in [0.25, 0.3) is 109 Å². The molecule has 12 aromatic rings. The van der Waals surface area contributed by atoms with E-state index in [1.165, 1.54) is 33.4 Å². The molecule has 0 amide bonds. The molecule has 0 spiro atoms. The topological polar surface area (TPSA) is 9.86 Å². The number of hydrogen-bond donors (Lipinski definition) is 0. The van der Waals surface area contributed by atoms with Crippen molar-refractivity contribution in [3.05, 3.63) is 206 Å². The standard InChI is InChI=1S/C54H34N2S/c1-3-15-35(16-4-1)37-19-11-20-39(33-37)55-47-27-10-8-22-43(47)52-41(23-12-28-49(52)55)38-31-32-48-45(34-38)42-21-7-9-26-46(42)56(48)50-29-13-25-44-53-40(36-17-5-2-6-18-36)24-14-30-51(53)57-54(44)50/h1-34H/i5D,6D,7D,8D,9D,10D,12D,13D,14D,17D,18D,21D,23D,24D,27D,28D,30D,31D,32D,34D. The second kappa shape index (κ2) is 12.7. The Balaban J connectivity index is 1.24. The highest BCUT2D eigenvalue weighted by molar-refractivity contribution is 7.26. The van der Waals surface area contributed by atoms with Crippen LogP contribution in [0.2, 0.25) is 0 Å². The highest BCUT2D eigenvalue weighted by Gasteiger charge is 2.20. The second-order valence-electron chi connectivity index (χ2n) is 13.3. The zero-order chi connectivity index (χ0) is 54.9. The Morgan fingerprint density at radius 1 is 0.404 bits per heavy atom. The largest absolute Gasteiger partial charge is 0.309 e. The molecule has 0 unspecified atom stereocenters. The lowest BCUT2D eigenvalue weighted by Crippen LogP contribution is -1.94. The van der Waals surface area contributed by atoms with Gasteiger partial charge in [-0.25, -0.2) is 0 Å². The lowest BCUT2D eigenvalue weighted by Gasteiger charge is -2.11. The normalized spacial score (nSPS) is 16.8. The van der Waals surface area contributed by atoms with Gasteiger partial charge in [-0.1, -0.05) is 151 Å². The number of nitrogens with zero attached hydrogens (tertiary/aromatic N) is 2. The van der Waals surface area contributed by atoms with E-state index in [4.69, 9.17) is 15.1 Å². The van der Waals surface area contributed by atoms with Crippen LogP contribution in [0, 0.1) is 0 Å². The van der Waals surface area contributed by atoms with Crippen molar-refractivity contribution in [2.24, 2.45) is 0 Å². The molecule has 3 aromatic heterocycles. The smallest absolute Gasteiger partial charge is 0.0645 e. The zero-order valence-corrected chi connectivity index (χ0v) is 30.2. The lowest BCUT2D eigenvalue weighted by atomic mass is 9.98. The molecule has 2 nitrogen and oxygen atoms in total. The Hall–Kier alpha value is -7.20. The summed E-state index contributed by atoms with van der Waals surface area (Å²) in [4.78, 5) is 0. The summed E-state index contributed by atoms with van der Waals surface area (Å²) in [5.74, 6) is 0. The van der Waals surface area contributed by atoms with E-state index in [0.717, 1.165) is 28.5 Å². The molecule has 0 fully saturated rings. The van der Waals surface area contributed by atoms with Crippen LogP contribution in [-0.4, -0.2) is 9.13 Å². The van der Waals surface area contributed by atoms with Crippen LogP contribution >= 0.6 is 11.3 Å². The van der Waals surface area contributed by atoms with Crippen molar-refractivity contribution in [2.45, 2.75) is 0 Å². The molecule has 0 radical (unpaired) electrons. The molecule has 0 atom stereocenters. The quantitative estimate of drug-likeness (QED) is 0.165. The van der Waals surface area contributed by atoms with Crippen LogP contribution in [0.15, 0.2) is 206 Å². The number of fused-ring (bicyclic) bond motifs is 9. The van der Waals surface area contributed by atoms with Gasteiger partial charge in [0.05, 0.1) is 59.9 Å². The van der Waals surface area contributed by atoms with E-state index >= 15 is 0 Å². The lowest BCUT2D eigenvalue weighted by molar-refractivity contribution is 1.18. The molecule has 266 valence electrons. The van der Waals surface area contributed by atoms with Gasteiger partial charge in [-0.3, -0.25) is 0 Å². The summed E-state index contributed by atoms with van der Waals surface area (Å²) >= 11 is 0.921. The first-order valence-electron chi connectivity index (χ1n) is 27.9. The van der Waals surface area contributed by atoms with E-state index in [0.29, 0.717) is 5.69 Å². The maximum atomic E-state index is 10.2. The first kappa shape index (κ1) is 18.2. The van der Waals surface area contributed by atoms with Gasteiger partial charge in [0, 0.05) is 42.7 Å². The molecule has 0 bridgehead atoms. The zero-order valence-electron chi connectivity index (χ0n) is 49.4. The summed E-state index contributed by atoms with van der Waals surface area (Å²) in [5, 5.41) is -0.0662. The molecule has 9 aromatic carbocycles. The van der Waals surface area contributed by atoms with Crippen LogP contribution in [0.4, 0.5) is 0 Å². The highest BCUT2D eigenvalue weighted by Crippen LogP contribution is 2.45. The van der Waals surface area contributed by atoms with Gasteiger partial charge in [0.15, 0.2) is 0 Å². The molecule has 0 aliphatic heterocycles.